The minimum Gasteiger partial charge on any atom is -0.395 e. The first-order valence-electron chi connectivity index (χ1n) is 10.8. The van der Waals surface area contributed by atoms with Gasteiger partial charge < -0.3 is 20.0 Å². The summed E-state index contributed by atoms with van der Waals surface area (Å²) in [5, 5.41) is 18.3. The molecule has 8 heteroatoms. The number of aliphatic hydroxyl groups excluding tert-OH is 2. The Kier molecular flexibility index (Phi) is 6.45. The van der Waals surface area contributed by atoms with Gasteiger partial charge in [-0.1, -0.05) is 24.3 Å². The summed E-state index contributed by atoms with van der Waals surface area (Å²) in [6.45, 7) is 0.991. The third kappa shape index (κ3) is 3.85. The Morgan fingerprint density at radius 2 is 1.00 bits per heavy atom. The van der Waals surface area contributed by atoms with Crippen molar-refractivity contribution in [2.24, 2.45) is 0 Å². The van der Waals surface area contributed by atoms with Gasteiger partial charge in [-0.2, -0.15) is 0 Å². The highest BCUT2D eigenvalue weighted by Gasteiger charge is 2.46. The fourth-order valence-corrected chi connectivity index (χ4v) is 4.21. The second-order valence-electron chi connectivity index (χ2n) is 8.18. The standard InChI is InChI=1S/C26H26N4O4/c1-27(13-15-31)19-9-5-17(6-10-19)23-21-22(26(34)29(23)3)24(30(4)25(21)33)18-7-11-20(12-8-18)28(2)14-16-32/h3-12,31-32H,13-16H2,1-2H3. The van der Waals surface area contributed by atoms with Gasteiger partial charge in [0.25, 0.3) is 11.8 Å². The molecule has 0 aromatic heterocycles. The van der Waals surface area contributed by atoms with E-state index in [0.29, 0.717) is 35.6 Å². The highest BCUT2D eigenvalue weighted by molar-refractivity contribution is 6.30. The molecule has 0 bridgehead atoms. The summed E-state index contributed by atoms with van der Waals surface area (Å²) in [7, 11) is 16.0. The first-order valence-corrected chi connectivity index (χ1v) is 10.8. The second kappa shape index (κ2) is 9.32. The van der Waals surface area contributed by atoms with E-state index in [1.54, 1.807) is 24.3 Å². The molecule has 2 aromatic carbocycles. The van der Waals surface area contributed by atoms with E-state index in [9.17, 15) is 9.59 Å². The number of hydrogen-bond donors (Lipinski definition) is 2. The summed E-state index contributed by atoms with van der Waals surface area (Å²) in [5.41, 5.74) is 3.88. The predicted molar refractivity (Wildman–Crippen MR) is 130 cm³/mol. The molecule has 4 rings (SSSR count). The molecular weight excluding hydrogens is 432 g/mol. The van der Waals surface area contributed by atoms with Crippen LogP contribution in [-0.2, 0) is 9.59 Å². The van der Waals surface area contributed by atoms with Crippen molar-refractivity contribution in [3.05, 3.63) is 84.9 Å². The van der Waals surface area contributed by atoms with Crippen molar-refractivity contribution < 1.29 is 19.8 Å². The number of nitrogens with zero attached hydrogens (tertiary/aromatic N) is 4. The van der Waals surface area contributed by atoms with Crippen molar-refractivity contribution in [3.63, 3.8) is 0 Å². The molecule has 2 aliphatic rings. The number of anilines is 2. The Hall–Kier alpha value is -3.62. The van der Waals surface area contributed by atoms with Crippen molar-refractivity contribution in [1.82, 2.24) is 9.80 Å². The van der Waals surface area contributed by atoms with Crippen molar-refractivity contribution in [2.45, 2.75) is 0 Å². The van der Waals surface area contributed by atoms with Gasteiger partial charge in [-0.05, 0) is 35.4 Å². The lowest BCUT2D eigenvalue weighted by Crippen LogP contribution is -2.23. The Bertz CT molecular complexity index is 1070. The van der Waals surface area contributed by atoms with Gasteiger partial charge in [0.1, 0.15) is 0 Å². The molecule has 4 radical (unpaired) electrons. The smallest absolute Gasteiger partial charge is 0.261 e. The lowest BCUT2D eigenvalue weighted by atomic mass is 10.0. The fourth-order valence-electron chi connectivity index (χ4n) is 4.21. The molecular formula is C26H26N4O4. The third-order valence-corrected chi connectivity index (χ3v) is 6.10. The van der Waals surface area contributed by atoms with Gasteiger partial charge in [0.15, 0.2) is 0 Å². The van der Waals surface area contributed by atoms with E-state index in [2.05, 4.69) is 0 Å². The maximum absolute atomic E-state index is 13.2. The summed E-state index contributed by atoms with van der Waals surface area (Å²) in [4.78, 5) is 32.1. The molecule has 0 aliphatic carbocycles. The number of carbonyl (C=O) groups is 2. The zero-order chi connectivity index (χ0) is 24.6. The molecule has 0 spiro atoms. The maximum atomic E-state index is 13.2. The fraction of sp³-hybridized carbons (Fsp3) is 0.231. The van der Waals surface area contributed by atoms with Crippen LogP contribution in [0.2, 0.25) is 0 Å². The van der Waals surface area contributed by atoms with Crippen LogP contribution in [0.3, 0.4) is 0 Å². The summed E-state index contributed by atoms with van der Waals surface area (Å²) >= 11 is 0. The number of benzene rings is 2. The normalized spacial score (nSPS) is 15.6. The van der Waals surface area contributed by atoms with Crippen LogP contribution in [0, 0.1) is 14.1 Å². The summed E-state index contributed by atoms with van der Waals surface area (Å²) in [6.07, 6.45) is 0. The lowest BCUT2D eigenvalue weighted by molar-refractivity contribution is -0.122. The minimum absolute atomic E-state index is 0.0229. The molecule has 0 atom stereocenters. The predicted octanol–water partition coefficient (Wildman–Crippen LogP) is 1.69. The molecule has 0 unspecified atom stereocenters. The zero-order valence-corrected chi connectivity index (χ0v) is 19.1. The zero-order valence-electron chi connectivity index (χ0n) is 19.1. The number of carbonyl (C=O) groups excluding carboxylic acids is 2. The Morgan fingerprint density at radius 1 is 0.676 bits per heavy atom. The number of likely N-dealkylation sites (N-methyl/N-ethyl adjacent to an activating group) is 2. The minimum atomic E-state index is -0.510. The average molecular weight is 459 g/mol. The van der Waals surface area contributed by atoms with Gasteiger partial charge in [0.2, 0.25) is 0 Å². The molecule has 34 heavy (non-hydrogen) atoms. The molecule has 0 saturated carbocycles. The van der Waals surface area contributed by atoms with Gasteiger partial charge >= 0.3 is 0 Å². The van der Waals surface area contributed by atoms with Gasteiger partial charge in [-0.25, -0.2) is 0 Å². The molecule has 2 aromatic rings. The summed E-state index contributed by atoms with van der Waals surface area (Å²) < 4.78 is 0. The molecule has 2 N–H and O–H groups in total. The number of fused-ring (bicyclic) bond motifs is 1. The molecule has 0 saturated heterocycles. The number of aliphatic hydroxyl groups is 2. The van der Waals surface area contributed by atoms with Gasteiger partial charge in [-0.3, -0.25) is 19.4 Å². The Labute approximate surface area is 199 Å². The highest BCUT2D eigenvalue weighted by atomic mass is 16.3. The van der Waals surface area contributed by atoms with Gasteiger partial charge in [0, 0.05) is 38.6 Å². The number of hydrogen-bond acceptors (Lipinski definition) is 6. The Morgan fingerprint density at radius 3 is 1.29 bits per heavy atom. The maximum Gasteiger partial charge on any atom is 0.261 e. The van der Waals surface area contributed by atoms with Crippen molar-refractivity contribution in [1.29, 1.82) is 0 Å². The lowest BCUT2D eigenvalue weighted by Gasteiger charge is -2.21. The molecule has 0 fully saturated rings. The largest absolute Gasteiger partial charge is 0.395 e. The van der Waals surface area contributed by atoms with E-state index in [4.69, 9.17) is 24.3 Å². The summed E-state index contributed by atoms with van der Waals surface area (Å²) in [5.74, 6) is -1.02. The van der Waals surface area contributed by atoms with E-state index in [-0.39, 0.29) is 24.4 Å². The van der Waals surface area contributed by atoms with Crippen LogP contribution in [0.15, 0.2) is 59.7 Å². The number of amides is 2. The van der Waals surface area contributed by atoms with Crippen molar-refractivity contribution in [2.75, 3.05) is 50.2 Å². The number of rotatable bonds is 8. The van der Waals surface area contributed by atoms with Crippen LogP contribution < -0.4 is 9.80 Å². The van der Waals surface area contributed by atoms with E-state index >= 15 is 0 Å². The van der Waals surface area contributed by atoms with Crippen LogP contribution in [-0.4, -0.2) is 72.2 Å². The van der Waals surface area contributed by atoms with E-state index in [1.165, 1.54) is 0 Å². The Balaban J connectivity index is 1.77. The summed E-state index contributed by atoms with van der Waals surface area (Å²) in [6, 6.07) is 14.4. The quantitative estimate of drug-likeness (QED) is 0.626. The molecule has 2 aliphatic heterocycles. The molecule has 2 amide bonds. The topological polar surface area (TPSA) is 87.6 Å². The second-order valence-corrected chi connectivity index (χ2v) is 8.18. The van der Waals surface area contributed by atoms with Gasteiger partial charge in [0.05, 0.1) is 49.8 Å². The van der Waals surface area contributed by atoms with Crippen LogP contribution in [0.5, 0.6) is 0 Å². The van der Waals surface area contributed by atoms with E-state index < -0.39 is 11.8 Å². The average Bonchev–Trinajstić information content (AvgIpc) is 3.24. The van der Waals surface area contributed by atoms with Crippen LogP contribution in [0.1, 0.15) is 11.1 Å². The van der Waals surface area contributed by atoms with E-state index in [0.717, 1.165) is 21.2 Å². The third-order valence-electron chi connectivity index (χ3n) is 6.10. The van der Waals surface area contributed by atoms with Crippen LogP contribution in [0.4, 0.5) is 11.4 Å². The van der Waals surface area contributed by atoms with E-state index in [1.807, 2.05) is 48.2 Å². The molecule has 8 nitrogen and oxygen atoms in total. The first-order chi connectivity index (χ1) is 16.3. The molecule has 2 heterocycles. The van der Waals surface area contributed by atoms with Crippen molar-refractivity contribution >= 4 is 34.6 Å². The van der Waals surface area contributed by atoms with Crippen LogP contribution in [0.25, 0.3) is 11.4 Å². The SMILES string of the molecule is [CH]N1C(=O)C2=C(c3ccc(N(C)CCO)cc3)N([CH])C(=O)C2=C1c1ccc(N(C)CCO)cc1. The van der Waals surface area contributed by atoms with Crippen LogP contribution >= 0.6 is 0 Å². The molecule has 174 valence electrons. The van der Waals surface area contributed by atoms with Gasteiger partial charge in [-0.15, -0.1) is 0 Å². The van der Waals surface area contributed by atoms with Crippen molar-refractivity contribution in [3.8, 4) is 0 Å². The highest BCUT2D eigenvalue weighted by Crippen LogP contribution is 2.46. The first kappa shape index (κ1) is 23.5. The monoisotopic (exact) mass is 458 g/mol.